The predicted octanol–water partition coefficient (Wildman–Crippen LogP) is 1.50. The Morgan fingerprint density at radius 1 is 1.47 bits per heavy atom. The first-order valence-electron chi connectivity index (χ1n) is 4.20. The van der Waals surface area contributed by atoms with Gasteiger partial charge in [0.15, 0.2) is 0 Å². The van der Waals surface area contributed by atoms with Gasteiger partial charge in [0.1, 0.15) is 5.54 Å². The van der Waals surface area contributed by atoms with Crippen molar-refractivity contribution in [3.63, 3.8) is 0 Å². The fourth-order valence-corrected chi connectivity index (χ4v) is 2.12. The Hall–Kier alpha value is -0.880. The van der Waals surface area contributed by atoms with Crippen LogP contribution in [0.4, 0.5) is 0 Å². The van der Waals surface area contributed by atoms with Crippen LogP contribution in [0, 0.1) is 0 Å². The van der Waals surface area contributed by atoms with Gasteiger partial charge in [0.05, 0.1) is 8.66 Å². The van der Waals surface area contributed by atoms with Crippen LogP contribution in [-0.2, 0) is 4.79 Å². The maximum Gasteiger partial charge on any atom is 0.262 e. The van der Waals surface area contributed by atoms with Crippen molar-refractivity contribution in [3.05, 3.63) is 20.8 Å². The molecule has 4 nitrogen and oxygen atoms in total. The van der Waals surface area contributed by atoms with E-state index in [1.54, 1.807) is 26.0 Å². The second-order valence-electron chi connectivity index (χ2n) is 3.55. The highest BCUT2D eigenvalue weighted by atomic mass is 79.9. The predicted molar refractivity (Wildman–Crippen MR) is 62.8 cm³/mol. The van der Waals surface area contributed by atoms with Gasteiger partial charge in [0.2, 0.25) is 5.91 Å². The lowest BCUT2D eigenvalue weighted by molar-refractivity contribution is -0.122. The average molecular weight is 291 g/mol. The summed E-state index contributed by atoms with van der Waals surface area (Å²) in [7, 11) is 0. The van der Waals surface area contributed by atoms with Crippen LogP contribution in [0.5, 0.6) is 0 Å². The number of amides is 2. The molecule has 1 aromatic heterocycles. The van der Waals surface area contributed by atoms with Crippen molar-refractivity contribution in [2.45, 2.75) is 19.4 Å². The molecule has 0 saturated carbocycles. The fourth-order valence-electron chi connectivity index (χ4n) is 0.843. The molecule has 0 fully saturated rings. The topological polar surface area (TPSA) is 72.2 Å². The van der Waals surface area contributed by atoms with Crippen LogP contribution in [0.25, 0.3) is 0 Å². The zero-order chi connectivity index (χ0) is 11.6. The number of halogens is 1. The summed E-state index contributed by atoms with van der Waals surface area (Å²) in [5.41, 5.74) is 4.11. The lowest BCUT2D eigenvalue weighted by Gasteiger charge is -2.21. The summed E-state index contributed by atoms with van der Waals surface area (Å²) in [5.74, 6) is -0.860. The van der Waals surface area contributed by atoms with Crippen LogP contribution in [0.1, 0.15) is 23.5 Å². The largest absolute Gasteiger partial charge is 0.368 e. The summed E-state index contributed by atoms with van der Waals surface area (Å²) in [6.45, 7) is 3.13. The number of carbonyl (C=O) groups excluding carboxylic acids is 2. The van der Waals surface area contributed by atoms with Crippen LogP contribution >= 0.6 is 27.3 Å². The number of primary amides is 1. The molecular formula is C9H11BrN2O2S. The van der Waals surface area contributed by atoms with Gasteiger partial charge in [-0.1, -0.05) is 0 Å². The highest BCUT2D eigenvalue weighted by molar-refractivity contribution is 9.11. The van der Waals surface area contributed by atoms with Gasteiger partial charge in [-0.2, -0.15) is 0 Å². The Kier molecular flexibility index (Phi) is 3.51. The smallest absolute Gasteiger partial charge is 0.262 e. The molecule has 2 amide bonds. The van der Waals surface area contributed by atoms with Gasteiger partial charge in [-0.25, -0.2) is 0 Å². The van der Waals surface area contributed by atoms with Crippen molar-refractivity contribution >= 4 is 39.1 Å². The molecule has 1 heterocycles. The third-order valence-electron chi connectivity index (χ3n) is 1.84. The highest BCUT2D eigenvalue weighted by Crippen LogP contribution is 2.22. The Morgan fingerprint density at radius 2 is 2.07 bits per heavy atom. The Balaban J connectivity index is 2.76. The summed E-state index contributed by atoms with van der Waals surface area (Å²) >= 11 is 4.56. The van der Waals surface area contributed by atoms with Crippen molar-refractivity contribution in [1.29, 1.82) is 0 Å². The van der Waals surface area contributed by atoms with E-state index in [1.807, 2.05) is 0 Å². The minimum Gasteiger partial charge on any atom is -0.368 e. The van der Waals surface area contributed by atoms with Gasteiger partial charge < -0.3 is 11.1 Å². The van der Waals surface area contributed by atoms with Crippen LogP contribution in [-0.4, -0.2) is 17.4 Å². The van der Waals surface area contributed by atoms with Crippen molar-refractivity contribution in [2.75, 3.05) is 0 Å². The molecule has 1 aromatic rings. The number of rotatable bonds is 3. The highest BCUT2D eigenvalue weighted by Gasteiger charge is 2.27. The van der Waals surface area contributed by atoms with Gasteiger partial charge in [0.25, 0.3) is 5.91 Å². The fraction of sp³-hybridized carbons (Fsp3) is 0.333. The van der Waals surface area contributed by atoms with Crippen molar-refractivity contribution in [2.24, 2.45) is 5.73 Å². The number of nitrogens with one attached hydrogen (secondary N) is 1. The molecule has 0 aliphatic rings. The lowest BCUT2D eigenvalue weighted by Crippen LogP contribution is -2.52. The number of hydrogen-bond acceptors (Lipinski definition) is 3. The molecule has 15 heavy (non-hydrogen) atoms. The zero-order valence-electron chi connectivity index (χ0n) is 8.33. The SMILES string of the molecule is CC(C)(NC(=O)c1ccc(Br)s1)C(N)=O. The van der Waals surface area contributed by atoms with Crippen LogP contribution in [0.15, 0.2) is 15.9 Å². The van der Waals surface area contributed by atoms with E-state index in [9.17, 15) is 9.59 Å². The second-order valence-corrected chi connectivity index (χ2v) is 6.01. The van der Waals surface area contributed by atoms with E-state index >= 15 is 0 Å². The molecule has 1 rings (SSSR count). The third-order valence-corrected chi connectivity index (χ3v) is 3.46. The molecule has 82 valence electrons. The first-order chi connectivity index (χ1) is 6.83. The summed E-state index contributed by atoms with van der Waals surface area (Å²) in [5, 5.41) is 2.56. The maximum absolute atomic E-state index is 11.6. The number of carbonyl (C=O) groups is 2. The van der Waals surface area contributed by atoms with Crippen LogP contribution in [0.2, 0.25) is 0 Å². The quantitative estimate of drug-likeness (QED) is 0.886. The Morgan fingerprint density at radius 3 is 2.47 bits per heavy atom. The third kappa shape index (κ3) is 3.04. The van der Waals surface area contributed by atoms with Crippen LogP contribution in [0.3, 0.4) is 0 Å². The number of hydrogen-bond donors (Lipinski definition) is 2. The summed E-state index contributed by atoms with van der Waals surface area (Å²) in [4.78, 5) is 23.2. The normalized spacial score (nSPS) is 11.1. The van der Waals surface area contributed by atoms with E-state index < -0.39 is 11.4 Å². The molecular weight excluding hydrogens is 280 g/mol. The van der Waals surface area contributed by atoms with Crippen molar-refractivity contribution in [1.82, 2.24) is 5.32 Å². The minimum atomic E-state index is -1.03. The molecule has 0 aromatic carbocycles. The molecule has 0 unspecified atom stereocenters. The van der Waals surface area contributed by atoms with E-state index in [4.69, 9.17) is 5.73 Å². The Labute approximate surface area is 100.0 Å². The molecule has 6 heteroatoms. The Bertz CT molecular complexity index is 401. The van der Waals surface area contributed by atoms with Gasteiger partial charge in [-0.3, -0.25) is 9.59 Å². The first-order valence-corrected chi connectivity index (χ1v) is 5.81. The summed E-state index contributed by atoms with van der Waals surface area (Å²) < 4.78 is 0.865. The standard InChI is InChI=1S/C9H11BrN2O2S/c1-9(2,8(11)14)12-7(13)5-3-4-6(10)15-5/h3-4H,1-2H3,(H2,11,14)(H,12,13). The molecule has 0 spiro atoms. The second kappa shape index (κ2) is 4.32. The summed E-state index contributed by atoms with van der Waals surface area (Å²) in [6.07, 6.45) is 0. The van der Waals surface area contributed by atoms with Crippen molar-refractivity contribution in [3.8, 4) is 0 Å². The van der Waals surface area contributed by atoms with Crippen molar-refractivity contribution < 1.29 is 9.59 Å². The number of nitrogens with two attached hydrogens (primary N) is 1. The maximum atomic E-state index is 11.6. The molecule has 0 bridgehead atoms. The van der Waals surface area contributed by atoms with Gasteiger partial charge >= 0.3 is 0 Å². The van der Waals surface area contributed by atoms with E-state index in [0.29, 0.717) is 4.88 Å². The molecule has 0 radical (unpaired) electrons. The first kappa shape index (κ1) is 12.2. The van der Waals surface area contributed by atoms with Crippen LogP contribution < -0.4 is 11.1 Å². The van der Waals surface area contributed by atoms with E-state index in [2.05, 4.69) is 21.2 Å². The molecule has 0 atom stereocenters. The lowest BCUT2D eigenvalue weighted by atomic mass is 10.1. The van der Waals surface area contributed by atoms with Gasteiger partial charge in [-0.15, -0.1) is 11.3 Å². The molecule has 3 N–H and O–H groups in total. The minimum absolute atomic E-state index is 0.297. The zero-order valence-corrected chi connectivity index (χ0v) is 10.7. The molecule has 0 saturated heterocycles. The van der Waals surface area contributed by atoms with E-state index in [-0.39, 0.29) is 5.91 Å². The summed E-state index contributed by atoms with van der Waals surface area (Å²) in [6, 6.07) is 3.46. The molecule has 0 aliphatic carbocycles. The molecule has 0 aliphatic heterocycles. The average Bonchev–Trinajstić information content (AvgIpc) is 2.50. The van der Waals surface area contributed by atoms with E-state index in [1.165, 1.54) is 11.3 Å². The number of thiophene rings is 1. The van der Waals surface area contributed by atoms with Gasteiger partial charge in [0, 0.05) is 0 Å². The van der Waals surface area contributed by atoms with E-state index in [0.717, 1.165) is 3.79 Å². The monoisotopic (exact) mass is 290 g/mol. The van der Waals surface area contributed by atoms with Gasteiger partial charge in [-0.05, 0) is 41.9 Å².